The Labute approximate surface area is 104 Å². The molecule has 0 fully saturated rings. The quantitative estimate of drug-likeness (QED) is 0.759. The third-order valence-electron chi connectivity index (χ3n) is 2.32. The van der Waals surface area contributed by atoms with Crippen LogP contribution in [0, 0.1) is 0 Å². The fourth-order valence-electron chi connectivity index (χ4n) is 1.43. The zero-order valence-electron chi connectivity index (χ0n) is 8.37. The Bertz CT molecular complexity index is 498. The van der Waals surface area contributed by atoms with Crippen LogP contribution >= 0.6 is 23.2 Å². The van der Waals surface area contributed by atoms with E-state index in [0.717, 1.165) is 16.8 Å². The summed E-state index contributed by atoms with van der Waals surface area (Å²) in [6.45, 7) is 0. The van der Waals surface area contributed by atoms with Gasteiger partial charge in [-0.3, -0.25) is 0 Å². The summed E-state index contributed by atoms with van der Waals surface area (Å²) in [6, 6.07) is 11.0. The second-order valence-electron chi connectivity index (χ2n) is 3.48. The van der Waals surface area contributed by atoms with Gasteiger partial charge >= 0.3 is 0 Å². The van der Waals surface area contributed by atoms with Crippen LogP contribution in [0.1, 0.15) is 0 Å². The van der Waals surface area contributed by atoms with Gasteiger partial charge in [0.2, 0.25) is 0 Å². The minimum atomic E-state index is 0.405. The van der Waals surface area contributed by atoms with E-state index in [9.17, 15) is 0 Å². The topological polar surface area (TPSA) is 52.0 Å². The molecule has 2 nitrogen and oxygen atoms in total. The maximum atomic E-state index is 5.97. The maximum Gasteiger partial charge on any atom is 0.0693 e. The first-order chi connectivity index (χ1) is 7.58. The number of hydrogen-bond acceptors (Lipinski definition) is 2. The molecule has 0 aromatic heterocycles. The first kappa shape index (κ1) is 11.1. The number of nitrogen functional groups attached to an aromatic ring is 2. The first-order valence-corrected chi connectivity index (χ1v) is 5.44. The van der Waals surface area contributed by atoms with Crippen molar-refractivity contribution in [2.45, 2.75) is 0 Å². The zero-order chi connectivity index (χ0) is 11.7. The average molecular weight is 253 g/mol. The highest BCUT2D eigenvalue weighted by Gasteiger charge is 2.06. The lowest BCUT2D eigenvalue weighted by molar-refractivity contribution is 1.61. The highest BCUT2D eigenvalue weighted by atomic mass is 35.5. The molecule has 4 N–H and O–H groups in total. The fraction of sp³-hybridized carbons (Fsp3) is 0. The number of benzene rings is 2. The van der Waals surface area contributed by atoms with Crippen LogP contribution in [0.5, 0.6) is 0 Å². The summed E-state index contributed by atoms with van der Waals surface area (Å²) in [4.78, 5) is 0. The van der Waals surface area contributed by atoms with E-state index in [1.54, 1.807) is 12.1 Å². The molecule has 0 spiro atoms. The van der Waals surface area contributed by atoms with E-state index in [2.05, 4.69) is 0 Å². The average Bonchev–Trinajstić information content (AvgIpc) is 2.26. The summed E-state index contributed by atoms with van der Waals surface area (Å²) in [6.07, 6.45) is 0. The van der Waals surface area contributed by atoms with E-state index in [1.807, 2.05) is 24.3 Å². The molecular weight excluding hydrogens is 243 g/mol. The highest BCUT2D eigenvalue weighted by Crippen LogP contribution is 2.33. The molecule has 0 bridgehead atoms. The number of halogens is 2. The van der Waals surface area contributed by atoms with Crippen LogP contribution in [0.15, 0.2) is 36.4 Å². The molecule has 0 aliphatic rings. The predicted molar refractivity (Wildman–Crippen MR) is 70.7 cm³/mol. The van der Waals surface area contributed by atoms with Gasteiger partial charge in [-0.1, -0.05) is 35.3 Å². The van der Waals surface area contributed by atoms with Gasteiger partial charge in [-0.05, 0) is 35.4 Å². The molecule has 0 amide bonds. The summed E-state index contributed by atoms with van der Waals surface area (Å²) in [5.74, 6) is 0. The van der Waals surface area contributed by atoms with Crippen molar-refractivity contribution in [3.05, 3.63) is 46.4 Å². The molecule has 2 aromatic carbocycles. The van der Waals surface area contributed by atoms with Crippen LogP contribution < -0.4 is 11.5 Å². The summed E-state index contributed by atoms with van der Waals surface area (Å²) in [5.41, 5.74) is 14.3. The molecule has 82 valence electrons. The standard InChI is InChI=1S/C12H10Cl2N2/c13-10-5-8(6-11(14)12(10)16)7-1-3-9(15)4-2-7/h1-6H,15-16H2. The van der Waals surface area contributed by atoms with Gasteiger partial charge in [0.25, 0.3) is 0 Å². The lowest BCUT2D eigenvalue weighted by Crippen LogP contribution is -1.89. The SMILES string of the molecule is Nc1ccc(-c2cc(Cl)c(N)c(Cl)c2)cc1. The zero-order valence-corrected chi connectivity index (χ0v) is 9.89. The van der Waals surface area contributed by atoms with Gasteiger partial charge in [0, 0.05) is 5.69 Å². The van der Waals surface area contributed by atoms with Crippen LogP contribution in [0.25, 0.3) is 11.1 Å². The van der Waals surface area contributed by atoms with Gasteiger partial charge in [0.15, 0.2) is 0 Å². The van der Waals surface area contributed by atoms with Crippen LogP contribution in [0.4, 0.5) is 11.4 Å². The van der Waals surface area contributed by atoms with Crippen molar-refractivity contribution < 1.29 is 0 Å². The Morgan fingerprint density at radius 3 is 1.75 bits per heavy atom. The third-order valence-corrected chi connectivity index (χ3v) is 2.95. The summed E-state index contributed by atoms with van der Waals surface area (Å²) in [5, 5.41) is 0.915. The molecule has 0 radical (unpaired) electrons. The lowest BCUT2D eigenvalue weighted by atomic mass is 10.1. The van der Waals surface area contributed by atoms with Crippen molar-refractivity contribution in [3.63, 3.8) is 0 Å². The Morgan fingerprint density at radius 1 is 0.750 bits per heavy atom. The van der Waals surface area contributed by atoms with E-state index < -0.39 is 0 Å². The summed E-state index contributed by atoms with van der Waals surface area (Å²) < 4.78 is 0. The largest absolute Gasteiger partial charge is 0.399 e. The monoisotopic (exact) mass is 252 g/mol. The van der Waals surface area contributed by atoms with Crippen LogP contribution in [0.2, 0.25) is 10.0 Å². The Balaban J connectivity index is 2.52. The maximum absolute atomic E-state index is 5.97. The molecule has 0 unspecified atom stereocenters. The predicted octanol–water partition coefficient (Wildman–Crippen LogP) is 3.82. The Morgan fingerprint density at radius 2 is 1.25 bits per heavy atom. The molecule has 0 aliphatic carbocycles. The van der Waals surface area contributed by atoms with Crippen LogP contribution in [-0.2, 0) is 0 Å². The van der Waals surface area contributed by atoms with Gasteiger partial charge in [-0.25, -0.2) is 0 Å². The number of hydrogen-bond donors (Lipinski definition) is 2. The molecule has 0 atom stereocenters. The van der Waals surface area contributed by atoms with Crippen LogP contribution in [0.3, 0.4) is 0 Å². The summed E-state index contributed by atoms with van der Waals surface area (Å²) in [7, 11) is 0. The lowest BCUT2D eigenvalue weighted by Gasteiger charge is -2.06. The van der Waals surface area contributed by atoms with Crippen LogP contribution in [-0.4, -0.2) is 0 Å². The van der Waals surface area contributed by atoms with E-state index in [4.69, 9.17) is 34.7 Å². The minimum absolute atomic E-state index is 0.405. The highest BCUT2D eigenvalue weighted by molar-refractivity contribution is 6.39. The molecule has 2 aromatic rings. The number of anilines is 2. The van der Waals surface area contributed by atoms with Gasteiger partial charge in [-0.2, -0.15) is 0 Å². The first-order valence-electron chi connectivity index (χ1n) is 4.68. The molecule has 0 saturated heterocycles. The summed E-state index contributed by atoms with van der Waals surface area (Å²) >= 11 is 11.9. The smallest absolute Gasteiger partial charge is 0.0693 e. The van der Waals surface area contributed by atoms with Crippen molar-refractivity contribution in [2.24, 2.45) is 0 Å². The van der Waals surface area contributed by atoms with Gasteiger partial charge < -0.3 is 11.5 Å². The molecule has 0 saturated carbocycles. The Kier molecular flexibility index (Phi) is 2.95. The van der Waals surface area contributed by atoms with E-state index in [1.165, 1.54) is 0 Å². The number of nitrogens with two attached hydrogens (primary N) is 2. The fourth-order valence-corrected chi connectivity index (χ4v) is 1.91. The van der Waals surface area contributed by atoms with Crippen molar-refractivity contribution in [3.8, 4) is 11.1 Å². The van der Waals surface area contributed by atoms with Crippen molar-refractivity contribution in [1.82, 2.24) is 0 Å². The molecular formula is C12H10Cl2N2. The van der Waals surface area contributed by atoms with Crippen molar-refractivity contribution >= 4 is 34.6 Å². The van der Waals surface area contributed by atoms with Gasteiger partial charge in [-0.15, -0.1) is 0 Å². The van der Waals surface area contributed by atoms with Gasteiger partial charge in [0.05, 0.1) is 15.7 Å². The second-order valence-corrected chi connectivity index (χ2v) is 4.29. The molecule has 0 heterocycles. The van der Waals surface area contributed by atoms with Crippen molar-refractivity contribution in [1.29, 1.82) is 0 Å². The molecule has 2 rings (SSSR count). The molecule has 4 heteroatoms. The molecule has 16 heavy (non-hydrogen) atoms. The molecule has 0 aliphatic heterocycles. The second kappa shape index (κ2) is 4.24. The Hall–Kier alpha value is -1.38. The van der Waals surface area contributed by atoms with E-state index in [0.29, 0.717) is 15.7 Å². The van der Waals surface area contributed by atoms with Gasteiger partial charge in [0.1, 0.15) is 0 Å². The van der Waals surface area contributed by atoms with E-state index in [-0.39, 0.29) is 0 Å². The number of rotatable bonds is 1. The minimum Gasteiger partial charge on any atom is -0.399 e. The normalized spacial score (nSPS) is 10.4. The third kappa shape index (κ3) is 2.08. The van der Waals surface area contributed by atoms with Crippen molar-refractivity contribution in [2.75, 3.05) is 11.5 Å². The van der Waals surface area contributed by atoms with E-state index >= 15 is 0 Å².